The van der Waals surface area contributed by atoms with Crippen molar-refractivity contribution in [2.45, 2.75) is 32.6 Å². The molecule has 1 atom stereocenters. The zero-order chi connectivity index (χ0) is 21.9. The Morgan fingerprint density at radius 3 is 2.55 bits per heavy atom. The van der Waals surface area contributed by atoms with Crippen molar-refractivity contribution >= 4 is 43.9 Å². The maximum atomic E-state index is 13.5. The van der Waals surface area contributed by atoms with E-state index < -0.39 is 0 Å². The predicted octanol–water partition coefficient (Wildman–Crippen LogP) is 6.87. The highest BCUT2D eigenvalue weighted by molar-refractivity contribution is 9.10. The number of nitrogens with one attached hydrogen (secondary N) is 1. The van der Waals surface area contributed by atoms with Crippen molar-refractivity contribution < 1.29 is 4.79 Å². The fourth-order valence-corrected chi connectivity index (χ4v) is 5.95. The number of anilines is 2. The average Bonchev–Trinajstić information content (AvgIpc) is 2.70. The van der Waals surface area contributed by atoms with Gasteiger partial charge < -0.3 is 10.2 Å². The van der Waals surface area contributed by atoms with E-state index in [0.29, 0.717) is 6.42 Å². The number of fused-ring (bicyclic) bond motifs is 3. The van der Waals surface area contributed by atoms with Gasteiger partial charge >= 0.3 is 0 Å². The number of carbonyl (C=O) groups is 1. The molecule has 3 nitrogen and oxygen atoms in total. The normalized spacial score (nSPS) is 19.6. The van der Waals surface area contributed by atoms with E-state index in [1.807, 2.05) is 14.1 Å². The lowest BCUT2D eigenvalue weighted by Gasteiger charge is -2.40. The fourth-order valence-electron chi connectivity index (χ4n) is 5.20. The second kappa shape index (κ2) is 7.23. The van der Waals surface area contributed by atoms with Crippen LogP contribution < -0.4 is 10.2 Å². The Morgan fingerprint density at radius 2 is 1.81 bits per heavy atom. The molecule has 0 unspecified atom stereocenters. The van der Waals surface area contributed by atoms with Crippen molar-refractivity contribution in [2.75, 3.05) is 24.3 Å². The number of halogens is 1. The monoisotopic (exact) mass is 474 g/mol. The molecule has 1 N–H and O–H groups in total. The molecule has 3 aromatic carbocycles. The second-order valence-electron chi connectivity index (χ2n) is 9.74. The number of benzene rings is 3. The summed E-state index contributed by atoms with van der Waals surface area (Å²) in [6.45, 7) is 4.37. The number of allylic oxidation sites excluding steroid dienone is 2. The second-order valence-corrected chi connectivity index (χ2v) is 10.6. The van der Waals surface area contributed by atoms with E-state index in [1.54, 1.807) is 0 Å². The third-order valence-corrected chi connectivity index (χ3v) is 7.18. The van der Waals surface area contributed by atoms with Gasteiger partial charge in [-0.1, -0.05) is 50.2 Å². The van der Waals surface area contributed by atoms with Crippen molar-refractivity contribution in [3.63, 3.8) is 0 Å². The van der Waals surface area contributed by atoms with Crippen LogP contribution >= 0.6 is 15.9 Å². The third kappa shape index (κ3) is 3.38. The predicted molar refractivity (Wildman–Crippen MR) is 133 cm³/mol. The van der Waals surface area contributed by atoms with Crippen LogP contribution in [0.1, 0.15) is 43.7 Å². The van der Waals surface area contributed by atoms with Crippen molar-refractivity contribution in [1.29, 1.82) is 0 Å². The van der Waals surface area contributed by atoms with Crippen LogP contribution in [0.2, 0.25) is 0 Å². The number of Topliss-reactive ketones (excluding diaryl/α,β-unsaturated/α-hetero) is 1. The van der Waals surface area contributed by atoms with Crippen molar-refractivity contribution in [1.82, 2.24) is 0 Å². The minimum Gasteiger partial charge on any atom is -0.377 e. The van der Waals surface area contributed by atoms with Crippen LogP contribution in [-0.2, 0) is 4.79 Å². The summed E-state index contributed by atoms with van der Waals surface area (Å²) < 4.78 is 1.04. The standard InChI is InChI=1S/C27H27BrN2O/c1-27(2)14-21-26(23(31)15-27)24(17-10-12-22(30(3)4)19(28)13-17)25-18-8-6-5-7-16(18)9-11-20(25)29-21/h5-13,24,29H,14-15H2,1-4H3/t24-/m0/s1. The number of hydrogen-bond donors (Lipinski definition) is 1. The van der Waals surface area contributed by atoms with E-state index in [2.05, 4.69) is 94.6 Å². The molecule has 5 rings (SSSR count). The molecule has 0 spiro atoms. The molecule has 1 heterocycles. The van der Waals surface area contributed by atoms with Gasteiger partial charge in [-0.15, -0.1) is 0 Å². The lowest BCUT2D eigenvalue weighted by atomic mass is 9.68. The molecule has 0 bridgehead atoms. The molecule has 0 saturated heterocycles. The number of ketones is 1. The summed E-state index contributed by atoms with van der Waals surface area (Å²) in [6.07, 6.45) is 1.47. The van der Waals surface area contributed by atoms with Gasteiger partial charge in [-0.05, 0) is 67.9 Å². The van der Waals surface area contributed by atoms with Crippen LogP contribution in [0.5, 0.6) is 0 Å². The van der Waals surface area contributed by atoms with Crippen molar-refractivity contribution in [3.05, 3.63) is 81.5 Å². The van der Waals surface area contributed by atoms with Crippen LogP contribution in [0.3, 0.4) is 0 Å². The molecule has 3 aromatic rings. The molecular formula is C27H27BrN2O. The maximum absolute atomic E-state index is 13.5. The van der Waals surface area contributed by atoms with Crippen molar-refractivity contribution in [3.8, 4) is 0 Å². The topological polar surface area (TPSA) is 32.3 Å². The van der Waals surface area contributed by atoms with E-state index in [4.69, 9.17) is 0 Å². The van der Waals surface area contributed by atoms with Gasteiger partial charge in [-0.2, -0.15) is 0 Å². The Hall–Kier alpha value is -2.59. The minimum atomic E-state index is -0.0755. The first kappa shape index (κ1) is 20.3. The highest BCUT2D eigenvalue weighted by Crippen LogP contribution is 2.51. The van der Waals surface area contributed by atoms with Gasteiger partial charge in [0.15, 0.2) is 5.78 Å². The summed E-state index contributed by atoms with van der Waals surface area (Å²) in [6, 6.07) is 19.3. The summed E-state index contributed by atoms with van der Waals surface area (Å²) in [7, 11) is 4.08. The summed E-state index contributed by atoms with van der Waals surface area (Å²) in [5.41, 5.74) is 6.58. The number of hydrogen-bond acceptors (Lipinski definition) is 3. The summed E-state index contributed by atoms with van der Waals surface area (Å²) in [5.74, 6) is 0.184. The Kier molecular flexibility index (Phi) is 4.74. The van der Waals surface area contributed by atoms with E-state index in [9.17, 15) is 4.79 Å². The Balaban J connectivity index is 1.79. The van der Waals surface area contributed by atoms with E-state index in [0.717, 1.165) is 39.1 Å². The summed E-state index contributed by atoms with van der Waals surface area (Å²) in [4.78, 5) is 15.6. The van der Waals surface area contributed by atoms with Crippen LogP contribution in [0.4, 0.5) is 11.4 Å². The lowest BCUT2D eigenvalue weighted by Crippen LogP contribution is -2.34. The van der Waals surface area contributed by atoms with Gasteiger partial charge in [-0.3, -0.25) is 4.79 Å². The van der Waals surface area contributed by atoms with Crippen LogP contribution in [-0.4, -0.2) is 19.9 Å². The molecule has 0 radical (unpaired) electrons. The summed E-state index contributed by atoms with van der Waals surface area (Å²) >= 11 is 3.77. The molecule has 0 amide bonds. The van der Waals surface area contributed by atoms with E-state index in [-0.39, 0.29) is 17.1 Å². The quantitative estimate of drug-likeness (QED) is 0.439. The van der Waals surface area contributed by atoms with E-state index >= 15 is 0 Å². The van der Waals surface area contributed by atoms with Gasteiger partial charge in [-0.25, -0.2) is 0 Å². The first-order chi connectivity index (χ1) is 14.7. The minimum absolute atomic E-state index is 0.0306. The van der Waals surface area contributed by atoms with Crippen LogP contribution in [0.25, 0.3) is 10.8 Å². The smallest absolute Gasteiger partial charge is 0.162 e. The molecule has 1 aliphatic carbocycles. The Bertz CT molecular complexity index is 1260. The zero-order valence-electron chi connectivity index (χ0n) is 18.4. The molecule has 4 heteroatoms. The first-order valence-corrected chi connectivity index (χ1v) is 11.6. The zero-order valence-corrected chi connectivity index (χ0v) is 20.0. The van der Waals surface area contributed by atoms with Gasteiger partial charge in [0, 0.05) is 47.9 Å². The lowest BCUT2D eigenvalue weighted by molar-refractivity contribution is -0.118. The van der Waals surface area contributed by atoms with Crippen LogP contribution in [0, 0.1) is 5.41 Å². The highest BCUT2D eigenvalue weighted by Gasteiger charge is 2.41. The van der Waals surface area contributed by atoms with Crippen LogP contribution in [0.15, 0.2) is 70.3 Å². The summed E-state index contributed by atoms with van der Waals surface area (Å²) in [5, 5.41) is 6.06. The van der Waals surface area contributed by atoms with Gasteiger partial charge in [0.1, 0.15) is 0 Å². The molecule has 0 saturated carbocycles. The number of rotatable bonds is 2. The molecule has 31 heavy (non-hydrogen) atoms. The van der Waals surface area contributed by atoms with Gasteiger partial charge in [0.05, 0.1) is 5.69 Å². The Labute approximate surface area is 192 Å². The van der Waals surface area contributed by atoms with Crippen molar-refractivity contribution in [2.24, 2.45) is 5.41 Å². The number of nitrogens with zero attached hydrogens (tertiary/aromatic N) is 1. The molecule has 0 fully saturated rings. The fraction of sp³-hybridized carbons (Fsp3) is 0.296. The SMILES string of the molecule is CN(C)c1ccc([C@@H]2C3=C(CC(C)(C)CC3=O)Nc3ccc4ccccc4c32)cc1Br. The maximum Gasteiger partial charge on any atom is 0.162 e. The molecule has 1 aliphatic heterocycles. The molecular weight excluding hydrogens is 448 g/mol. The molecule has 0 aromatic heterocycles. The molecule has 158 valence electrons. The van der Waals surface area contributed by atoms with Gasteiger partial charge in [0.2, 0.25) is 0 Å². The average molecular weight is 475 g/mol. The Morgan fingerprint density at radius 1 is 1.03 bits per heavy atom. The highest BCUT2D eigenvalue weighted by atomic mass is 79.9. The van der Waals surface area contributed by atoms with Gasteiger partial charge in [0.25, 0.3) is 0 Å². The largest absolute Gasteiger partial charge is 0.377 e. The third-order valence-electron chi connectivity index (χ3n) is 6.54. The molecule has 2 aliphatic rings. The first-order valence-electron chi connectivity index (χ1n) is 10.8. The van der Waals surface area contributed by atoms with E-state index in [1.165, 1.54) is 16.3 Å². The number of carbonyl (C=O) groups excluding carboxylic acids is 1.